The zero-order valence-corrected chi connectivity index (χ0v) is 21.0. The summed E-state index contributed by atoms with van der Waals surface area (Å²) in [5, 5.41) is 5.08. The molecule has 0 aliphatic carbocycles. The van der Waals surface area contributed by atoms with E-state index in [4.69, 9.17) is 5.73 Å². The second-order valence-electron chi connectivity index (χ2n) is 10.1. The number of hydrogen-bond acceptors (Lipinski definition) is 5. The van der Waals surface area contributed by atoms with Crippen molar-refractivity contribution in [2.45, 2.75) is 32.2 Å². The molecule has 3 aromatic rings. The molecule has 190 valence electrons. The van der Waals surface area contributed by atoms with Crippen LogP contribution in [0, 0.1) is 0 Å². The maximum atomic E-state index is 13.2. The molecule has 0 unspecified atom stereocenters. The van der Waals surface area contributed by atoms with Crippen LogP contribution < -0.4 is 16.0 Å². The standard InChI is InChI=1S/C27H34N6O3/c1-17(34)29-20-4-3-9-33(16-20)23-8-6-18(15-24(28)35)26-25(23)21-7-5-19(14-22(21)30-26)27(36)32-12-10-31(2)11-13-32/h5-8,14,20,30H,3-4,9-13,15-16H2,1-2H3,(H2,28,35)(H,29,34)/t20-/m1/s1. The van der Waals surface area contributed by atoms with Gasteiger partial charge in [-0.15, -0.1) is 0 Å². The largest absolute Gasteiger partial charge is 0.369 e. The number of benzene rings is 2. The number of aromatic amines is 1. The SMILES string of the molecule is CC(=O)N[C@@H]1CCCN(c2ccc(CC(N)=O)c3[nH]c4cc(C(=O)N5CCN(C)CC5)ccc4c23)C1. The van der Waals surface area contributed by atoms with E-state index >= 15 is 0 Å². The third kappa shape index (κ3) is 4.75. The molecule has 0 radical (unpaired) electrons. The maximum Gasteiger partial charge on any atom is 0.254 e. The number of amides is 3. The van der Waals surface area contributed by atoms with E-state index in [0.29, 0.717) is 5.56 Å². The number of piperidine rings is 1. The van der Waals surface area contributed by atoms with Gasteiger partial charge < -0.3 is 30.7 Å². The number of piperazine rings is 1. The van der Waals surface area contributed by atoms with Gasteiger partial charge >= 0.3 is 0 Å². The number of nitrogens with zero attached hydrogens (tertiary/aromatic N) is 3. The van der Waals surface area contributed by atoms with Crippen molar-refractivity contribution in [2.75, 3.05) is 51.2 Å². The van der Waals surface area contributed by atoms with Gasteiger partial charge in [-0.05, 0) is 43.7 Å². The first-order valence-corrected chi connectivity index (χ1v) is 12.7. The first-order valence-electron chi connectivity index (χ1n) is 12.7. The monoisotopic (exact) mass is 490 g/mol. The van der Waals surface area contributed by atoms with E-state index in [1.807, 2.05) is 35.2 Å². The first kappa shape index (κ1) is 24.1. The lowest BCUT2D eigenvalue weighted by atomic mass is 10.00. The summed E-state index contributed by atoms with van der Waals surface area (Å²) in [6.45, 7) is 6.33. The molecule has 0 saturated carbocycles. The quantitative estimate of drug-likeness (QED) is 0.505. The van der Waals surface area contributed by atoms with E-state index in [9.17, 15) is 14.4 Å². The van der Waals surface area contributed by atoms with Crippen LogP contribution in [0.25, 0.3) is 21.8 Å². The van der Waals surface area contributed by atoms with Crippen molar-refractivity contribution in [1.29, 1.82) is 0 Å². The summed E-state index contributed by atoms with van der Waals surface area (Å²) >= 11 is 0. The number of hydrogen-bond donors (Lipinski definition) is 3. The minimum Gasteiger partial charge on any atom is -0.369 e. The molecule has 9 heteroatoms. The number of aromatic nitrogens is 1. The molecule has 1 aromatic heterocycles. The van der Waals surface area contributed by atoms with Gasteiger partial charge in [0.15, 0.2) is 0 Å². The Bertz CT molecular complexity index is 1320. The zero-order chi connectivity index (χ0) is 25.4. The number of likely N-dealkylation sites (N-methyl/N-ethyl adjacent to an activating group) is 1. The van der Waals surface area contributed by atoms with Gasteiger partial charge in [0.1, 0.15) is 0 Å². The van der Waals surface area contributed by atoms with E-state index in [0.717, 1.165) is 85.2 Å². The van der Waals surface area contributed by atoms with Crippen LogP contribution in [0.15, 0.2) is 30.3 Å². The Kier molecular flexibility index (Phi) is 6.57. The Labute approximate surface area is 210 Å². The van der Waals surface area contributed by atoms with Gasteiger partial charge in [0.2, 0.25) is 11.8 Å². The Morgan fingerprint density at radius 2 is 1.86 bits per heavy atom. The fourth-order valence-electron chi connectivity index (χ4n) is 5.58. The summed E-state index contributed by atoms with van der Waals surface area (Å²) in [5.74, 6) is -0.374. The minimum atomic E-state index is -0.391. The van der Waals surface area contributed by atoms with Gasteiger partial charge in [-0.3, -0.25) is 14.4 Å². The lowest BCUT2D eigenvalue weighted by Crippen LogP contribution is -2.47. The van der Waals surface area contributed by atoms with Crippen LogP contribution in [0.2, 0.25) is 0 Å². The highest BCUT2D eigenvalue weighted by atomic mass is 16.2. The summed E-state index contributed by atoms with van der Waals surface area (Å²) in [4.78, 5) is 46.6. The van der Waals surface area contributed by atoms with Gasteiger partial charge in [-0.1, -0.05) is 12.1 Å². The molecule has 0 bridgehead atoms. The molecule has 1 atom stereocenters. The summed E-state index contributed by atoms with van der Waals surface area (Å²) in [7, 11) is 2.07. The molecular formula is C27H34N6O3. The number of anilines is 1. The Hall–Kier alpha value is -3.59. The maximum absolute atomic E-state index is 13.2. The summed E-state index contributed by atoms with van der Waals surface area (Å²) in [6, 6.07) is 9.92. The van der Waals surface area contributed by atoms with E-state index in [1.165, 1.54) is 0 Å². The van der Waals surface area contributed by atoms with Crippen molar-refractivity contribution in [3.05, 3.63) is 41.5 Å². The first-order chi connectivity index (χ1) is 17.3. The Morgan fingerprint density at radius 1 is 1.08 bits per heavy atom. The van der Waals surface area contributed by atoms with Crippen LogP contribution >= 0.6 is 0 Å². The normalized spacial score (nSPS) is 19.1. The number of primary amides is 1. The second-order valence-corrected chi connectivity index (χ2v) is 10.1. The molecule has 2 fully saturated rings. The molecule has 4 N–H and O–H groups in total. The topological polar surface area (TPSA) is 115 Å². The van der Waals surface area contributed by atoms with Crippen LogP contribution in [0.4, 0.5) is 5.69 Å². The number of fused-ring (bicyclic) bond motifs is 3. The van der Waals surface area contributed by atoms with Crippen LogP contribution in [0.3, 0.4) is 0 Å². The van der Waals surface area contributed by atoms with Crippen molar-refractivity contribution in [2.24, 2.45) is 5.73 Å². The van der Waals surface area contributed by atoms with Gasteiger partial charge in [0, 0.05) is 79.8 Å². The minimum absolute atomic E-state index is 0.0200. The molecule has 2 aliphatic heterocycles. The van der Waals surface area contributed by atoms with E-state index < -0.39 is 5.91 Å². The molecular weight excluding hydrogens is 456 g/mol. The van der Waals surface area contributed by atoms with Gasteiger partial charge in [0.05, 0.1) is 11.9 Å². The Morgan fingerprint density at radius 3 is 2.58 bits per heavy atom. The number of rotatable bonds is 5. The molecule has 3 amide bonds. The summed E-state index contributed by atoms with van der Waals surface area (Å²) in [6.07, 6.45) is 2.05. The third-order valence-electron chi connectivity index (χ3n) is 7.39. The second kappa shape index (κ2) is 9.81. The van der Waals surface area contributed by atoms with E-state index in [1.54, 1.807) is 6.92 Å². The fourth-order valence-corrected chi connectivity index (χ4v) is 5.58. The van der Waals surface area contributed by atoms with Crippen molar-refractivity contribution in [3.63, 3.8) is 0 Å². The van der Waals surface area contributed by atoms with Gasteiger partial charge in [-0.2, -0.15) is 0 Å². The molecule has 0 spiro atoms. The predicted octanol–water partition coefficient (Wildman–Crippen LogP) is 1.84. The molecule has 3 heterocycles. The van der Waals surface area contributed by atoms with Crippen LogP contribution in [-0.2, 0) is 16.0 Å². The van der Waals surface area contributed by atoms with Crippen molar-refractivity contribution in [1.82, 2.24) is 20.1 Å². The number of carbonyl (C=O) groups excluding carboxylic acids is 3. The molecule has 2 saturated heterocycles. The zero-order valence-electron chi connectivity index (χ0n) is 21.0. The number of nitrogens with one attached hydrogen (secondary N) is 2. The lowest BCUT2D eigenvalue weighted by molar-refractivity contribution is -0.120. The van der Waals surface area contributed by atoms with Crippen molar-refractivity contribution in [3.8, 4) is 0 Å². The highest BCUT2D eigenvalue weighted by Gasteiger charge is 2.25. The van der Waals surface area contributed by atoms with Gasteiger partial charge in [-0.25, -0.2) is 0 Å². The average molecular weight is 491 g/mol. The van der Waals surface area contributed by atoms with Gasteiger partial charge in [0.25, 0.3) is 5.91 Å². The number of nitrogens with two attached hydrogens (primary N) is 1. The summed E-state index contributed by atoms with van der Waals surface area (Å²) < 4.78 is 0. The lowest BCUT2D eigenvalue weighted by Gasteiger charge is -2.35. The van der Waals surface area contributed by atoms with Crippen LogP contribution in [-0.4, -0.2) is 84.9 Å². The summed E-state index contributed by atoms with van der Waals surface area (Å²) in [5.41, 5.74) is 9.82. The molecule has 2 aromatic carbocycles. The van der Waals surface area contributed by atoms with E-state index in [-0.39, 0.29) is 24.3 Å². The smallest absolute Gasteiger partial charge is 0.254 e. The van der Waals surface area contributed by atoms with Crippen LogP contribution in [0.1, 0.15) is 35.7 Å². The molecule has 36 heavy (non-hydrogen) atoms. The predicted molar refractivity (Wildman–Crippen MR) is 141 cm³/mol. The molecule has 5 rings (SSSR count). The van der Waals surface area contributed by atoms with Crippen molar-refractivity contribution < 1.29 is 14.4 Å². The fraction of sp³-hybridized carbons (Fsp3) is 0.444. The third-order valence-corrected chi connectivity index (χ3v) is 7.39. The molecule has 2 aliphatic rings. The van der Waals surface area contributed by atoms with E-state index in [2.05, 4.69) is 27.1 Å². The number of H-pyrrole nitrogens is 1. The average Bonchev–Trinajstić information content (AvgIpc) is 3.23. The molecule has 9 nitrogen and oxygen atoms in total. The number of carbonyl (C=O) groups is 3. The highest BCUT2D eigenvalue weighted by molar-refractivity contribution is 6.16. The van der Waals surface area contributed by atoms with Crippen molar-refractivity contribution >= 4 is 45.2 Å². The Balaban J connectivity index is 1.56. The highest BCUT2D eigenvalue weighted by Crippen LogP contribution is 2.37. The van der Waals surface area contributed by atoms with Crippen LogP contribution in [0.5, 0.6) is 0 Å².